The van der Waals surface area contributed by atoms with Gasteiger partial charge in [0.25, 0.3) is 0 Å². The van der Waals surface area contributed by atoms with Crippen molar-refractivity contribution in [3.05, 3.63) is 0 Å². The first-order valence-electron chi connectivity index (χ1n) is 9.01. The van der Waals surface area contributed by atoms with Gasteiger partial charge in [-0.25, -0.2) is 0 Å². The highest BCUT2D eigenvalue weighted by molar-refractivity contribution is 4.91. The summed E-state index contributed by atoms with van der Waals surface area (Å²) in [5.41, 5.74) is 0. The molecule has 2 aliphatic heterocycles. The Hall–Kier alpha value is -0.0800. The molecular weight excluding hydrogens is 244 g/mol. The average Bonchev–Trinajstić information content (AvgIpc) is 2.42. The summed E-state index contributed by atoms with van der Waals surface area (Å²) in [6.45, 7) is 17.3. The molecule has 0 radical (unpaired) electrons. The van der Waals surface area contributed by atoms with E-state index in [4.69, 9.17) is 0 Å². The molecule has 2 aliphatic rings. The number of hydrogen-bond donors (Lipinski definition) is 0. The second kappa shape index (κ2) is 7.26. The van der Waals surface area contributed by atoms with Crippen molar-refractivity contribution in [1.29, 1.82) is 0 Å². The predicted molar refractivity (Wildman–Crippen MR) is 88.0 cm³/mol. The van der Waals surface area contributed by atoms with Gasteiger partial charge in [-0.15, -0.1) is 0 Å². The van der Waals surface area contributed by atoms with E-state index in [9.17, 15) is 0 Å². The summed E-state index contributed by atoms with van der Waals surface area (Å²) in [5, 5.41) is 0. The average molecular weight is 281 g/mol. The van der Waals surface area contributed by atoms with Gasteiger partial charge in [-0.1, -0.05) is 41.0 Å². The van der Waals surface area contributed by atoms with Gasteiger partial charge in [0.15, 0.2) is 0 Å². The molecule has 2 rings (SSSR count). The fourth-order valence-corrected chi connectivity index (χ4v) is 4.39. The first-order chi connectivity index (χ1) is 9.52. The van der Waals surface area contributed by atoms with E-state index in [0.29, 0.717) is 0 Å². The van der Waals surface area contributed by atoms with Gasteiger partial charge < -0.3 is 0 Å². The summed E-state index contributed by atoms with van der Waals surface area (Å²) in [7, 11) is 0. The van der Waals surface area contributed by atoms with E-state index < -0.39 is 0 Å². The number of rotatable bonds is 5. The third-order valence-electron chi connectivity index (χ3n) is 5.79. The lowest BCUT2D eigenvalue weighted by Gasteiger charge is -2.49. The van der Waals surface area contributed by atoms with Crippen LogP contribution < -0.4 is 0 Å². The minimum absolute atomic E-state index is 0.796. The van der Waals surface area contributed by atoms with Gasteiger partial charge in [0, 0.05) is 31.7 Å². The van der Waals surface area contributed by atoms with E-state index in [-0.39, 0.29) is 0 Å². The Labute approximate surface area is 126 Å². The number of nitrogens with zero attached hydrogens (tertiary/aromatic N) is 2. The van der Waals surface area contributed by atoms with Crippen LogP contribution in [0.25, 0.3) is 0 Å². The lowest BCUT2D eigenvalue weighted by atomic mass is 9.84. The quantitative estimate of drug-likeness (QED) is 0.754. The van der Waals surface area contributed by atoms with Gasteiger partial charge in [0.05, 0.1) is 0 Å². The molecule has 2 atom stereocenters. The van der Waals surface area contributed by atoms with Crippen LogP contribution in [0, 0.1) is 17.8 Å². The van der Waals surface area contributed by atoms with Crippen LogP contribution in [0.2, 0.25) is 0 Å². The van der Waals surface area contributed by atoms with E-state index in [1.807, 2.05) is 0 Å². The largest absolute Gasteiger partial charge is 0.298 e. The molecule has 0 N–H and O–H groups in total. The molecule has 0 amide bonds. The van der Waals surface area contributed by atoms with Crippen LogP contribution in [-0.4, -0.2) is 48.1 Å². The third kappa shape index (κ3) is 3.76. The maximum atomic E-state index is 2.84. The number of piperazine rings is 1. The zero-order valence-corrected chi connectivity index (χ0v) is 14.4. The first kappa shape index (κ1) is 16.3. The number of piperidine rings is 1. The molecule has 2 heterocycles. The summed E-state index contributed by atoms with van der Waals surface area (Å²) < 4.78 is 0. The van der Waals surface area contributed by atoms with Crippen molar-refractivity contribution in [3.63, 3.8) is 0 Å². The molecule has 2 fully saturated rings. The standard InChI is InChI=1S/C18H36N2/c1-6-16-11-19-10-8-7-9-17(19)12-20(16)13-18(14(2)3)15(4)5/h14-18H,6-13H2,1-5H3. The maximum absolute atomic E-state index is 2.84. The van der Waals surface area contributed by atoms with Crippen molar-refractivity contribution in [2.75, 3.05) is 26.2 Å². The summed E-state index contributed by atoms with van der Waals surface area (Å²) >= 11 is 0. The molecule has 0 saturated carbocycles. The van der Waals surface area contributed by atoms with Crippen molar-refractivity contribution >= 4 is 0 Å². The van der Waals surface area contributed by atoms with Crippen LogP contribution in [0.15, 0.2) is 0 Å². The maximum Gasteiger partial charge on any atom is 0.0223 e. The van der Waals surface area contributed by atoms with Crippen LogP contribution in [0.4, 0.5) is 0 Å². The van der Waals surface area contributed by atoms with E-state index in [1.165, 1.54) is 51.9 Å². The molecule has 2 unspecified atom stereocenters. The molecule has 0 aliphatic carbocycles. The van der Waals surface area contributed by atoms with E-state index in [2.05, 4.69) is 44.4 Å². The topological polar surface area (TPSA) is 6.48 Å². The third-order valence-corrected chi connectivity index (χ3v) is 5.79. The zero-order valence-electron chi connectivity index (χ0n) is 14.4. The van der Waals surface area contributed by atoms with Crippen molar-refractivity contribution in [2.24, 2.45) is 17.8 Å². The van der Waals surface area contributed by atoms with Crippen LogP contribution in [-0.2, 0) is 0 Å². The smallest absolute Gasteiger partial charge is 0.0223 e. The van der Waals surface area contributed by atoms with Crippen molar-refractivity contribution in [3.8, 4) is 0 Å². The van der Waals surface area contributed by atoms with E-state index in [0.717, 1.165) is 29.8 Å². The highest BCUT2D eigenvalue weighted by Gasteiger charge is 2.35. The molecule has 2 nitrogen and oxygen atoms in total. The van der Waals surface area contributed by atoms with Gasteiger partial charge in [-0.3, -0.25) is 9.80 Å². The fourth-order valence-electron chi connectivity index (χ4n) is 4.39. The van der Waals surface area contributed by atoms with Gasteiger partial charge in [0.2, 0.25) is 0 Å². The lowest BCUT2D eigenvalue weighted by molar-refractivity contribution is -0.00780. The molecule has 20 heavy (non-hydrogen) atoms. The highest BCUT2D eigenvalue weighted by atomic mass is 15.3. The molecule has 0 aromatic carbocycles. The van der Waals surface area contributed by atoms with Crippen molar-refractivity contribution in [1.82, 2.24) is 9.80 Å². The summed E-state index contributed by atoms with van der Waals surface area (Å²) in [4.78, 5) is 5.63. The predicted octanol–water partition coefficient (Wildman–Crippen LogP) is 3.86. The minimum atomic E-state index is 0.796. The Morgan fingerprint density at radius 3 is 2.30 bits per heavy atom. The molecule has 0 aromatic rings. The van der Waals surface area contributed by atoms with Crippen LogP contribution in [0.1, 0.15) is 60.3 Å². The van der Waals surface area contributed by atoms with Crippen molar-refractivity contribution in [2.45, 2.75) is 72.4 Å². The Morgan fingerprint density at radius 1 is 1.00 bits per heavy atom. The normalized spacial score (nSPS) is 29.4. The SMILES string of the molecule is CCC1CN2CCCCC2CN1CC(C(C)C)C(C)C. The second-order valence-electron chi connectivity index (χ2n) is 7.81. The minimum Gasteiger partial charge on any atom is -0.298 e. The molecular formula is C18H36N2. The van der Waals surface area contributed by atoms with Crippen molar-refractivity contribution < 1.29 is 0 Å². The highest BCUT2D eigenvalue weighted by Crippen LogP contribution is 2.29. The number of hydrogen-bond acceptors (Lipinski definition) is 2. The second-order valence-corrected chi connectivity index (χ2v) is 7.81. The summed E-state index contributed by atoms with van der Waals surface area (Å²) in [6, 6.07) is 1.65. The van der Waals surface area contributed by atoms with Crippen LogP contribution >= 0.6 is 0 Å². The molecule has 0 spiro atoms. The Bertz CT molecular complexity index is 279. The first-order valence-corrected chi connectivity index (χ1v) is 9.01. The number of fused-ring (bicyclic) bond motifs is 1. The van der Waals surface area contributed by atoms with Crippen LogP contribution in [0.5, 0.6) is 0 Å². The Kier molecular flexibility index (Phi) is 5.92. The Morgan fingerprint density at radius 2 is 1.70 bits per heavy atom. The molecule has 0 bridgehead atoms. The summed E-state index contributed by atoms with van der Waals surface area (Å²) in [6.07, 6.45) is 5.62. The molecule has 0 aromatic heterocycles. The fraction of sp³-hybridized carbons (Fsp3) is 1.00. The van der Waals surface area contributed by atoms with Gasteiger partial charge >= 0.3 is 0 Å². The monoisotopic (exact) mass is 280 g/mol. The molecule has 2 saturated heterocycles. The summed E-state index contributed by atoms with van der Waals surface area (Å²) in [5.74, 6) is 2.45. The molecule has 2 heteroatoms. The van der Waals surface area contributed by atoms with Gasteiger partial charge in [-0.2, -0.15) is 0 Å². The molecule has 118 valence electrons. The van der Waals surface area contributed by atoms with Gasteiger partial charge in [-0.05, 0) is 43.6 Å². The van der Waals surface area contributed by atoms with Crippen LogP contribution in [0.3, 0.4) is 0 Å². The van der Waals surface area contributed by atoms with Gasteiger partial charge in [0.1, 0.15) is 0 Å². The lowest BCUT2D eigenvalue weighted by Crippen LogP contribution is -2.60. The van der Waals surface area contributed by atoms with E-state index >= 15 is 0 Å². The van der Waals surface area contributed by atoms with E-state index in [1.54, 1.807) is 0 Å². The Balaban J connectivity index is 2.00. The zero-order chi connectivity index (χ0) is 14.7.